The monoisotopic (exact) mass is 405 g/mol. The lowest BCUT2D eigenvalue weighted by atomic mass is 10.2. The number of carbonyl (C=O) groups excluding carboxylic acids is 1. The number of nitrogens with zero attached hydrogens (tertiary/aromatic N) is 2. The van der Waals surface area contributed by atoms with E-state index in [0.29, 0.717) is 16.8 Å². The molecule has 1 aromatic carbocycles. The summed E-state index contributed by atoms with van der Waals surface area (Å²) in [5.41, 5.74) is 1.27. The van der Waals surface area contributed by atoms with E-state index in [-0.39, 0.29) is 16.7 Å². The molecule has 1 amide bonds. The van der Waals surface area contributed by atoms with Crippen molar-refractivity contribution in [2.75, 3.05) is 7.05 Å². The van der Waals surface area contributed by atoms with Gasteiger partial charge in [-0.3, -0.25) is 0 Å². The van der Waals surface area contributed by atoms with Crippen LogP contribution >= 0.6 is 11.6 Å². The minimum atomic E-state index is -3.88. The van der Waals surface area contributed by atoms with Crippen LogP contribution in [0, 0.1) is 0 Å². The van der Waals surface area contributed by atoms with Gasteiger partial charge in [0.2, 0.25) is 0 Å². The minimum Gasteiger partial charge on any atom is -0.445 e. The fourth-order valence-electron chi connectivity index (χ4n) is 2.48. The predicted molar refractivity (Wildman–Crippen MR) is 101 cm³/mol. The third-order valence-corrected chi connectivity index (χ3v) is 5.74. The number of alkyl carbamates (subject to hydrolysis) is 1. The summed E-state index contributed by atoms with van der Waals surface area (Å²) in [5.74, 6) is 0. The first-order valence-corrected chi connectivity index (χ1v) is 9.72. The van der Waals surface area contributed by atoms with Crippen LogP contribution in [-0.4, -0.2) is 30.5 Å². The lowest BCUT2D eigenvalue weighted by molar-refractivity contribution is 0.142. The van der Waals surface area contributed by atoms with Crippen molar-refractivity contribution in [3.63, 3.8) is 0 Å². The molecule has 2 heterocycles. The Bertz CT molecular complexity index is 1070. The van der Waals surface area contributed by atoms with Crippen LogP contribution in [0.25, 0.3) is 11.3 Å². The Morgan fingerprint density at radius 3 is 2.63 bits per heavy atom. The molecular weight excluding hydrogens is 390 g/mol. The molecule has 0 fully saturated rings. The Labute approximate surface area is 161 Å². The number of benzene rings is 1. The maximum atomic E-state index is 13.1. The zero-order chi connectivity index (χ0) is 19.4. The highest BCUT2D eigenvalue weighted by molar-refractivity contribution is 7.90. The van der Waals surface area contributed by atoms with Crippen LogP contribution < -0.4 is 5.32 Å². The quantitative estimate of drug-likeness (QED) is 0.658. The molecule has 0 saturated carbocycles. The number of hydrogen-bond donors (Lipinski definition) is 1. The van der Waals surface area contributed by atoms with Crippen LogP contribution in [0.1, 0.15) is 5.56 Å². The van der Waals surface area contributed by atoms with E-state index < -0.39 is 16.1 Å². The smallest absolute Gasteiger partial charge is 0.407 e. The average Bonchev–Trinajstić information content (AvgIpc) is 3.12. The standard InChI is InChI=1S/C18H16ClN3O4S/c1-20-18(23)26-12-13-10-16(15-8-5-9-21-17(15)19)22(11-13)27(24,25)14-6-3-2-4-7-14/h2-11H,12H2,1H3,(H,20,23). The number of rotatable bonds is 5. The van der Waals surface area contributed by atoms with Crippen LogP contribution in [0.4, 0.5) is 4.79 Å². The first-order valence-electron chi connectivity index (χ1n) is 7.91. The van der Waals surface area contributed by atoms with Crippen LogP contribution in [0.5, 0.6) is 0 Å². The Balaban J connectivity index is 2.12. The second kappa shape index (κ2) is 7.81. The average molecular weight is 406 g/mol. The normalized spacial score (nSPS) is 11.2. The molecule has 0 spiro atoms. The Morgan fingerprint density at radius 1 is 1.22 bits per heavy atom. The highest BCUT2D eigenvalue weighted by atomic mass is 35.5. The number of amides is 1. The maximum Gasteiger partial charge on any atom is 0.407 e. The summed E-state index contributed by atoms with van der Waals surface area (Å²) in [5, 5.41) is 2.50. The Morgan fingerprint density at radius 2 is 1.96 bits per heavy atom. The lowest BCUT2D eigenvalue weighted by Crippen LogP contribution is -2.18. The van der Waals surface area contributed by atoms with Crippen molar-refractivity contribution in [2.24, 2.45) is 0 Å². The number of ether oxygens (including phenoxy) is 1. The van der Waals surface area contributed by atoms with Crippen molar-refractivity contribution in [1.82, 2.24) is 14.3 Å². The summed E-state index contributed by atoms with van der Waals surface area (Å²) < 4.78 is 32.4. The lowest BCUT2D eigenvalue weighted by Gasteiger charge is -2.11. The van der Waals surface area contributed by atoms with Gasteiger partial charge in [-0.25, -0.2) is 22.2 Å². The van der Waals surface area contributed by atoms with E-state index in [4.69, 9.17) is 16.3 Å². The third-order valence-electron chi connectivity index (χ3n) is 3.75. The van der Waals surface area contributed by atoms with Gasteiger partial charge in [-0.1, -0.05) is 29.8 Å². The van der Waals surface area contributed by atoms with Crippen LogP contribution in [-0.2, 0) is 21.4 Å². The number of carbonyl (C=O) groups is 1. The van der Waals surface area contributed by atoms with Gasteiger partial charge in [-0.05, 0) is 30.3 Å². The molecule has 27 heavy (non-hydrogen) atoms. The summed E-state index contributed by atoms with van der Waals surface area (Å²) >= 11 is 6.17. The van der Waals surface area contributed by atoms with E-state index in [2.05, 4.69) is 10.3 Å². The second-order valence-corrected chi connectivity index (χ2v) is 7.69. The molecule has 3 rings (SSSR count). The molecule has 1 N–H and O–H groups in total. The third kappa shape index (κ3) is 3.96. The SMILES string of the molecule is CNC(=O)OCc1cc(-c2cccnc2Cl)n(S(=O)(=O)c2ccccc2)c1. The fourth-order valence-corrected chi connectivity index (χ4v) is 4.10. The number of halogens is 1. The number of aromatic nitrogens is 2. The molecule has 2 aromatic heterocycles. The van der Waals surface area contributed by atoms with E-state index in [1.165, 1.54) is 31.6 Å². The molecule has 0 aliphatic heterocycles. The van der Waals surface area contributed by atoms with E-state index in [1.807, 2.05) is 0 Å². The van der Waals surface area contributed by atoms with Gasteiger partial charge in [0.25, 0.3) is 10.0 Å². The molecule has 0 aliphatic rings. The van der Waals surface area contributed by atoms with Gasteiger partial charge in [-0.15, -0.1) is 0 Å². The summed E-state index contributed by atoms with van der Waals surface area (Å²) in [7, 11) is -2.44. The van der Waals surface area contributed by atoms with Crippen LogP contribution in [0.3, 0.4) is 0 Å². The first-order chi connectivity index (χ1) is 12.9. The maximum absolute atomic E-state index is 13.1. The summed E-state index contributed by atoms with van der Waals surface area (Å²) in [4.78, 5) is 15.5. The summed E-state index contributed by atoms with van der Waals surface area (Å²) in [6, 6.07) is 13.0. The molecule has 0 unspecified atom stereocenters. The number of nitrogens with one attached hydrogen (secondary N) is 1. The van der Waals surface area contributed by atoms with Gasteiger partial charge in [0, 0.05) is 30.6 Å². The predicted octanol–water partition coefficient (Wildman–Crippen LogP) is 3.30. The van der Waals surface area contributed by atoms with Gasteiger partial charge in [-0.2, -0.15) is 0 Å². The Kier molecular flexibility index (Phi) is 5.48. The Hall–Kier alpha value is -2.84. The molecule has 0 radical (unpaired) electrons. The molecule has 7 nitrogen and oxygen atoms in total. The summed E-state index contributed by atoms with van der Waals surface area (Å²) in [6.07, 6.45) is 2.30. The first kappa shape index (κ1) is 18.9. The van der Waals surface area contributed by atoms with E-state index in [0.717, 1.165) is 3.97 Å². The van der Waals surface area contributed by atoms with Gasteiger partial charge >= 0.3 is 6.09 Å². The minimum absolute atomic E-state index is 0.0954. The van der Waals surface area contributed by atoms with Crippen LogP contribution in [0.15, 0.2) is 65.8 Å². The molecule has 3 aromatic rings. The van der Waals surface area contributed by atoms with E-state index in [9.17, 15) is 13.2 Å². The second-order valence-electron chi connectivity index (χ2n) is 5.52. The highest BCUT2D eigenvalue weighted by Crippen LogP contribution is 2.31. The topological polar surface area (TPSA) is 90.3 Å². The number of pyridine rings is 1. The van der Waals surface area contributed by atoms with Crippen molar-refractivity contribution in [3.8, 4) is 11.3 Å². The van der Waals surface area contributed by atoms with Crippen molar-refractivity contribution < 1.29 is 17.9 Å². The molecule has 140 valence electrons. The van der Waals surface area contributed by atoms with Crippen LogP contribution in [0.2, 0.25) is 5.15 Å². The zero-order valence-corrected chi connectivity index (χ0v) is 15.9. The van der Waals surface area contributed by atoms with Gasteiger partial charge in [0.1, 0.15) is 11.8 Å². The highest BCUT2D eigenvalue weighted by Gasteiger charge is 2.23. The molecule has 0 aliphatic carbocycles. The number of hydrogen-bond acceptors (Lipinski definition) is 5. The van der Waals surface area contributed by atoms with Crippen molar-refractivity contribution in [3.05, 3.63) is 71.6 Å². The molecule has 0 atom stereocenters. The van der Waals surface area contributed by atoms with E-state index >= 15 is 0 Å². The van der Waals surface area contributed by atoms with Crippen molar-refractivity contribution in [1.29, 1.82) is 0 Å². The van der Waals surface area contributed by atoms with Gasteiger partial charge in [0.15, 0.2) is 0 Å². The van der Waals surface area contributed by atoms with Crippen molar-refractivity contribution in [2.45, 2.75) is 11.5 Å². The molecule has 0 saturated heterocycles. The van der Waals surface area contributed by atoms with Crippen molar-refractivity contribution >= 4 is 27.7 Å². The van der Waals surface area contributed by atoms with Gasteiger partial charge < -0.3 is 10.1 Å². The van der Waals surface area contributed by atoms with Gasteiger partial charge in [0.05, 0.1) is 10.6 Å². The molecule has 0 bridgehead atoms. The fraction of sp³-hybridized carbons (Fsp3) is 0.111. The summed E-state index contributed by atoms with van der Waals surface area (Å²) in [6.45, 7) is -0.0954. The molecule has 9 heteroatoms. The largest absolute Gasteiger partial charge is 0.445 e. The molecular formula is C18H16ClN3O4S. The zero-order valence-electron chi connectivity index (χ0n) is 14.3. The van der Waals surface area contributed by atoms with E-state index in [1.54, 1.807) is 36.4 Å².